The molecule has 2 aromatic rings. The van der Waals surface area contributed by atoms with Gasteiger partial charge in [-0.15, -0.1) is 0 Å². The number of hydrogen-bond acceptors (Lipinski definition) is 3. The van der Waals surface area contributed by atoms with Crippen molar-refractivity contribution in [1.82, 2.24) is 9.97 Å². The summed E-state index contributed by atoms with van der Waals surface area (Å²) in [5.74, 6) is 1.80. The number of nitrogens with zero attached hydrogens (tertiary/aromatic N) is 2. The highest BCUT2D eigenvalue weighted by molar-refractivity contribution is 14.1. The van der Waals surface area contributed by atoms with Crippen LogP contribution in [0.2, 0.25) is 5.15 Å². The Kier molecular flexibility index (Phi) is 2.63. The molecule has 16 heavy (non-hydrogen) atoms. The summed E-state index contributed by atoms with van der Waals surface area (Å²) in [6.45, 7) is 0. The number of hydrogen-bond donors (Lipinski definition) is 0. The van der Waals surface area contributed by atoms with Gasteiger partial charge in [0.25, 0.3) is 0 Å². The zero-order valence-electron chi connectivity index (χ0n) is 8.28. The van der Waals surface area contributed by atoms with Crippen LogP contribution in [0.15, 0.2) is 22.8 Å². The minimum atomic E-state index is 0.518. The lowest BCUT2D eigenvalue weighted by atomic mass is 10.3. The summed E-state index contributed by atoms with van der Waals surface area (Å²) in [4.78, 5) is 8.78. The van der Waals surface area contributed by atoms with Gasteiger partial charge in [-0.2, -0.15) is 0 Å². The first-order chi connectivity index (χ1) is 7.75. The molecule has 82 valence electrons. The Labute approximate surface area is 111 Å². The Morgan fingerprint density at radius 3 is 2.81 bits per heavy atom. The van der Waals surface area contributed by atoms with E-state index in [4.69, 9.17) is 16.0 Å². The largest absolute Gasteiger partial charge is 0.461 e. The van der Waals surface area contributed by atoms with E-state index >= 15 is 0 Å². The average Bonchev–Trinajstić information content (AvgIpc) is 2.96. The molecule has 1 aliphatic rings. The molecule has 0 spiro atoms. The molecule has 2 heterocycles. The molecule has 0 N–H and O–H groups in total. The van der Waals surface area contributed by atoms with Crippen molar-refractivity contribution < 1.29 is 4.42 Å². The minimum Gasteiger partial charge on any atom is -0.461 e. The quantitative estimate of drug-likeness (QED) is 0.612. The Morgan fingerprint density at radius 2 is 2.19 bits per heavy atom. The second-order valence-electron chi connectivity index (χ2n) is 3.79. The van der Waals surface area contributed by atoms with Crippen LogP contribution in [0.4, 0.5) is 0 Å². The second kappa shape index (κ2) is 4.00. The minimum absolute atomic E-state index is 0.518. The summed E-state index contributed by atoms with van der Waals surface area (Å²) in [6, 6.07) is 3.66. The summed E-state index contributed by atoms with van der Waals surface area (Å²) in [7, 11) is 0. The van der Waals surface area contributed by atoms with Crippen molar-refractivity contribution in [3.8, 4) is 11.6 Å². The van der Waals surface area contributed by atoms with Crippen LogP contribution in [-0.2, 0) is 0 Å². The Hall–Kier alpha value is -0.620. The lowest BCUT2D eigenvalue weighted by Crippen LogP contribution is -1.98. The molecule has 1 saturated carbocycles. The van der Waals surface area contributed by atoms with Gasteiger partial charge in [-0.25, -0.2) is 9.97 Å². The summed E-state index contributed by atoms with van der Waals surface area (Å²) in [5.41, 5.74) is 1.06. The van der Waals surface area contributed by atoms with Gasteiger partial charge < -0.3 is 4.42 Å². The van der Waals surface area contributed by atoms with Crippen LogP contribution in [0.5, 0.6) is 0 Å². The maximum absolute atomic E-state index is 6.11. The Bertz CT molecular complexity index is 523. The maximum Gasteiger partial charge on any atom is 0.197 e. The number of furan rings is 1. The average molecular weight is 347 g/mol. The van der Waals surface area contributed by atoms with Gasteiger partial charge in [-0.3, -0.25) is 0 Å². The first-order valence-corrected chi connectivity index (χ1v) is 6.48. The van der Waals surface area contributed by atoms with Gasteiger partial charge in [0.2, 0.25) is 0 Å². The van der Waals surface area contributed by atoms with Gasteiger partial charge in [0.15, 0.2) is 11.6 Å². The monoisotopic (exact) mass is 346 g/mol. The molecular formula is C11H8ClIN2O. The fraction of sp³-hybridized carbons (Fsp3) is 0.273. The van der Waals surface area contributed by atoms with Crippen LogP contribution < -0.4 is 0 Å². The van der Waals surface area contributed by atoms with E-state index in [1.807, 2.05) is 12.1 Å². The lowest BCUT2D eigenvalue weighted by molar-refractivity contribution is 0.576. The van der Waals surface area contributed by atoms with E-state index in [9.17, 15) is 0 Å². The number of rotatable bonds is 2. The Morgan fingerprint density at radius 1 is 1.38 bits per heavy atom. The summed E-state index contributed by atoms with van der Waals surface area (Å²) >= 11 is 8.31. The first-order valence-electron chi connectivity index (χ1n) is 5.02. The standard InChI is InChI=1S/C11H8ClIN2O/c12-10-8(13)9(6-3-4-6)14-11(15-10)7-2-1-5-16-7/h1-2,5-6H,3-4H2. The van der Waals surface area contributed by atoms with Crippen LogP contribution in [0, 0.1) is 3.57 Å². The van der Waals surface area contributed by atoms with Crippen molar-refractivity contribution in [1.29, 1.82) is 0 Å². The summed E-state index contributed by atoms with van der Waals surface area (Å²) < 4.78 is 6.25. The zero-order valence-corrected chi connectivity index (χ0v) is 11.2. The van der Waals surface area contributed by atoms with Crippen molar-refractivity contribution in [2.24, 2.45) is 0 Å². The fourth-order valence-corrected chi connectivity index (χ4v) is 2.44. The van der Waals surface area contributed by atoms with Crippen molar-refractivity contribution >= 4 is 34.2 Å². The number of aromatic nitrogens is 2. The predicted molar refractivity (Wildman–Crippen MR) is 69.4 cm³/mol. The third kappa shape index (κ3) is 1.84. The normalized spacial score (nSPS) is 15.4. The van der Waals surface area contributed by atoms with Gasteiger partial charge in [-0.1, -0.05) is 11.6 Å². The number of halogens is 2. The van der Waals surface area contributed by atoms with Gasteiger partial charge in [0.05, 0.1) is 15.5 Å². The highest BCUT2D eigenvalue weighted by atomic mass is 127. The van der Waals surface area contributed by atoms with E-state index < -0.39 is 0 Å². The van der Waals surface area contributed by atoms with E-state index in [-0.39, 0.29) is 0 Å². The van der Waals surface area contributed by atoms with Crippen molar-refractivity contribution in [2.75, 3.05) is 0 Å². The maximum atomic E-state index is 6.11. The highest BCUT2D eigenvalue weighted by Gasteiger charge is 2.29. The lowest BCUT2D eigenvalue weighted by Gasteiger charge is -2.05. The molecule has 0 atom stereocenters. The molecule has 2 aromatic heterocycles. The zero-order chi connectivity index (χ0) is 11.1. The van der Waals surface area contributed by atoms with E-state index in [0.717, 1.165) is 9.26 Å². The van der Waals surface area contributed by atoms with Crippen LogP contribution in [-0.4, -0.2) is 9.97 Å². The summed E-state index contributed by atoms with van der Waals surface area (Å²) in [6.07, 6.45) is 4.00. The third-order valence-electron chi connectivity index (χ3n) is 2.54. The van der Waals surface area contributed by atoms with Gasteiger partial charge in [0, 0.05) is 5.92 Å². The molecule has 0 aromatic carbocycles. The van der Waals surface area contributed by atoms with Crippen LogP contribution in [0.3, 0.4) is 0 Å². The molecule has 0 aliphatic heterocycles. The molecule has 3 nitrogen and oxygen atoms in total. The van der Waals surface area contributed by atoms with E-state index in [1.165, 1.54) is 12.8 Å². The molecule has 1 fully saturated rings. The SMILES string of the molecule is Clc1nc(-c2ccco2)nc(C2CC2)c1I. The molecule has 0 saturated heterocycles. The molecular weight excluding hydrogens is 338 g/mol. The van der Waals surface area contributed by atoms with E-state index in [1.54, 1.807) is 6.26 Å². The molecule has 3 rings (SSSR count). The fourth-order valence-electron chi connectivity index (χ4n) is 1.58. The molecule has 0 amide bonds. The van der Waals surface area contributed by atoms with Crippen molar-refractivity contribution in [3.63, 3.8) is 0 Å². The van der Waals surface area contributed by atoms with Crippen LogP contribution >= 0.6 is 34.2 Å². The van der Waals surface area contributed by atoms with Crippen molar-refractivity contribution in [3.05, 3.63) is 32.8 Å². The second-order valence-corrected chi connectivity index (χ2v) is 5.23. The van der Waals surface area contributed by atoms with Crippen LogP contribution in [0.25, 0.3) is 11.6 Å². The summed E-state index contributed by atoms with van der Waals surface area (Å²) in [5, 5.41) is 0.518. The smallest absolute Gasteiger partial charge is 0.197 e. The van der Waals surface area contributed by atoms with Gasteiger partial charge >= 0.3 is 0 Å². The molecule has 1 aliphatic carbocycles. The molecule has 0 radical (unpaired) electrons. The highest BCUT2D eigenvalue weighted by Crippen LogP contribution is 2.42. The van der Waals surface area contributed by atoms with E-state index in [0.29, 0.717) is 22.7 Å². The van der Waals surface area contributed by atoms with Gasteiger partial charge in [-0.05, 0) is 47.6 Å². The van der Waals surface area contributed by atoms with Crippen LogP contribution in [0.1, 0.15) is 24.5 Å². The molecule has 5 heteroatoms. The van der Waals surface area contributed by atoms with Gasteiger partial charge in [0.1, 0.15) is 5.15 Å². The third-order valence-corrected chi connectivity index (χ3v) is 4.20. The topological polar surface area (TPSA) is 38.9 Å². The van der Waals surface area contributed by atoms with Crippen molar-refractivity contribution in [2.45, 2.75) is 18.8 Å². The molecule has 0 bridgehead atoms. The Balaban J connectivity index is 2.13. The molecule has 0 unspecified atom stereocenters. The first kappa shape index (κ1) is 10.5. The predicted octanol–water partition coefficient (Wildman–Crippen LogP) is 3.87. The van der Waals surface area contributed by atoms with E-state index in [2.05, 4.69) is 32.6 Å².